The Kier molecular flexibility index (Phi) is 5.01. The van der Waals surface area contributed by atoms with Crippen LogP contribution in [0, 0.1) is 0 Å². The van der Waals surface area contributed by atoms with Crippen molar-refractivity contribution in [1.82, 2.24) is 5.32 Å². The number of ether oxygens (including phenoxy) is 1. The largest absolute Gasteiger partial charge is 0.496 e. The monoisotopic (exact) mass is 276 g/mol. The van der Waals surface area contributed by atoms with E-state index in [-0.39, 0.29) is 5.91 Å². The van der Waals surface area contributed by atoms with E-state index >= 15 is 0 Å². The zero-order valence-electron chi connectivity index (χ0n) is 12.2. The molecule has 1 aromatic rings. The van der Waals surface area contributed by atoms with Gasteiger partial charge in [0.15, 0.2) is 0 Å². The van der Waals surface area contributed by atoms with Gasteiger partial charge in [0, 0.05) is 6.54 Å². The highest BCUT2D eigenvalue weighted by Crippen LogP contribution is 2.26. The van der Waals surface area contributed by atoms with Gasteiger partial charge in [-0.25, -0.2) is 0 Å². The van der Waals surface area contributed by atoms with Crippen molar-refractivity contribution in [2.75, 3.05) is 13.7 Å². The van der Waals surface area contributed by atoms with Crippen LogP contribution < -0.4 is 15.8 Å². The second-order valence-corrected chi connectivity index (χ2v) is 5.53. The predicted molar refractivity (Wildman–Crippen MR) is 79.7 cm³/mol. The molecule has 0 bridgehead atoms. The Labute approximate surface area is 120 Å². The van der Waals surface area contributed by atoms with Gasteiger partial charge in [-0.05, 0) is 30.9 Å². The molecule has 0 spiro atoms. The molecule has 0 radical (unpaired) electrons. The number of hydrogen-bond donors (Lipinski definition) is 2. The zero-order chi connectivity index (χ0) is 14.4. The molecule has 0 aliphatic heterocycles. The van der Waals surface area contributed by atoms with Gasteiger partial charge < -0.3 is 15.8 Å². The Bertz CT molecular complexity index is 454. The molecule has 0 aromatic heterocycles. The lowest BCUT2D eigenvalue weighted by Gasteiger charge is -2.31. The quantitative estimate of drug-likeness (QED) is 0.864. The number of rotatable bonds is 5. The summed E-state index contributed by atoms with van der Waals surface area (Å²) >= 11 is 0. The van der Waals surface area contributed by atoms with Crippen LogP contribution >= 0.6 is 0 Å². The van der Waals surface area contributed by atoms with Crippen LogP contribution in [0.1, 0.15) is 37.7 Å². The van der Waals surface area contributed by atoms with Gasteiger partial charge in [-0.3, -0.25) is 4.79 Å². The molecule has 1 amide bonds. The highest BCUT2D eigenvalue weighted by atomic mass is 16.5. The van der Waals surface area contributed by atoms with E-state index < -0.39 is 5.54 Å². The fraction of sp³-hybridized carbons (Fsp3) is 0.562. The van der Waals surface area contributed by atoms with Crippen LogP contribution in [-0.4, -0.2) is 25.1 Å². The van der Waals surface area contributed by atoms with Crippen molar-refractivity contribution >= 4 is 5.91 Å². The number of methoxy groups -OCH3 is 1. The molecule has 0 heterocycles. The number of carbonyl (C=O) groups is 1. The first kappa shape index (κ1) is 14.9. The molecule has 110 valence electrons. The molecule has 20 heavy (non-hydrogen) atoms. The summed E-state index contributed by atoms with van der Waals surface area (Å²) in [6.45, 7) is 0.595. The zero-order valence-corrected chi connectivity index (χ0v) is 12.2. The maximum Gasteiger partial charge on any atom is 0.240 e. The number of benzene rings is 1. The first-order chi connectivity index (χ1) is 9.65. The number of amides is 1. The van der Waals surface area contributed by atoms with Crippen LogP contribution in [0.3, 0.4) is 0 Å². The van der Waals surface area contributed by atoms with E-state index in [1.807, 2.05) is 24.3 Å². The Balaban J connectivity index is 1.84. The average Bonchev–Trinajstić information content (AvgIpc) is 2.48. The van der Waals surface area contributed by atoms with E-state index in [0.29, 0.717) is 6.54 Å². The SMILES string of the molecule is COc1ccccc1CCNC(=O)C1(N)CCCCC1. The van der Waals surface area contributed by atoms with E-state index in [4.69, 9.17) is 10.5 Å². The van der Waals surface area contributed by atoms with E-state index in [9.17, 15) is 4.79 Å². The molecule has 3 N–H and O–H groups in total. The van der Waals surface area contributed by atoms with Crippen LogP contribution in [0.15, 0.2) is 24.3 Å². The summed E-state index contributed by atoms with van der Waals surface area (Å²) in [5.74, 6) is 0.856. The van der Waals surface area contributed by atoms with Crippen molar-refractivity contribution in [3.8, 4) is 5.75 Å². The van der Waals surface area contributed by atoms with Crippen molar-refractivity contribution in [2.24, 2.45) is 5.73 Å². The Morgan fingerprint density at radius 2 is 2.00 bits per heavy atom. The molecule has 1 aromatic carbocycles. The summed E-state index contributed by atoms with van der Waals surface area (Å²) < 4.78 is 5.30. The minimum Gasteiger partial charge on any atom is -0.496 e. The molecule has 0 atom stereocenters. The number of hydrogen-bond acceptors (Lipinski definition) is 3. The molecule has 0 unspecified atom stereocenters. The maximum atomic E-state index is 12.2. The Morgan fingerprint density at radius 3 is 2.70 bits per heavy atom. The minimum atomic E-state index is -0.654. The molecule has 4 nitrogen and oxygen atoms in total. The summed E-state index contributed by atoms with van der Waals surface area (Å²) in [5, 5.41) is 2.97. The number of nitrogens with two attached hydrogens (primary N) is 1. The molecule has 1 aliphatic carbocycles. The Morgan fingerprint density at radius 1 is 1.30 bits per heavy atom. The molecular formula is C16H24N2O2. The van der Waals surface area contributed by atoms with Crippen molar-refractivity contribution < 1.29 is 9.53 Å². The second kappa shape index (κ2) is 6.75. The summed E-state index contributed by atoms with van der Waals surface area (Å²) in [4.78, 5) is 12.2. The van der Waals surface area contributed by atoms with Crippen molar-refractivity contribution in [3.63, 3.8) is 0 Å². The third kappa shape index (κ3) is 3.51. The van der Waals surface area contributed by atoms with Crippen LogP contribution in [0.2, 0.25) is 0 Å². The van der Waals surface area contributed by atoms with Crippen LogP contribution in [0.4, 0.5) is 0 Å². The topological polar surface area (TPSA) is 64.3 Å². The second-order valence-electron chi connectivity index (χ2n) is 5.53. The normalized spacial score (nSPS) is 17.5. The highest BCUT2D eigenvalue weighted by molar-refractivity contribution is 5.86. The summed E-state index contributed by atoms with van der Waals surface area (Å²) in [5.41, 5.74) is 6.65. The molecule has 0 saturated heterocycles. The van der Waals surface area contributed by atoms with Gasteiger partial charge in [0.2, 0.25) is 5.91 Å². The number of nitrogens with one attached hydrogen (secondary N) is 1. The van der Waals surface area contributed by atoms with Gasteiger partial charge in [0.1, 0.15) is 5.75 Å². The lowest BCUT2D eigenvalue weighted by Crippen LogP contribution is -2.55. The van der Waals surface area contributed by atoms with E-state index in [0.717, 1.165) is 43.4 Å². The summed E-state index contributed by atoms with van der Waals surface area (Å²) in [7, 11) is 1.66. The summed E-state index contributed by atoms with van der Waals surface area (Å²) in [6, 6.07) is 7.87. The summed E-state index contributed by atoms with van der Waals surface area (Å²) in [6.07, 6.45) is 5.65. The maximum absolute atomic E-state index is 12.2. The van der Waals surface area contributed by atoms with Crippen molar-refractivity contribution in [1.29, 1.82) is 0 Å². The molecule has 2 rings (SSSR count). The van der Waals surface area contributed by atoms with Gasteiger partial charge >= 0.3 is 0 Å². The van der Waals surface area contributed by atoms with E-state index in [1.165, 1.54) is 6.42 Å². The molecule has 1 aliphatic rings. The first-order valence-corrected chi connectivity index (χ1v) is 7.35. The Hall–Kier alpha value is -1.55. The number of carbonyl (C=O) groups excluding carboxylic acids is 1. The van der Waals surface area contributed by atoms with Crippen LogP contribution in [0.25, 0.3) is 0 Å². The van der Waals surface area contributed by atoms with Gasteiger partial charge in [-0.1, -0.05) is 37.5 Å². The number of para-hydroxylation sites is 1. The predicted octanol–water partition coefficient (Wildman–Crippen LogP) is 2.02. The van der Waals surface area contributed by atoms with Crippen molar-refractivity contribution in [2.45, 2.75) is 44.1 Å². The smallest absolute Gasteiger partial charge is 0.240 e. The fourth-order valence-corrected chi connectivity index (χ4v) is 2.81. The van der Waals surface area contributed by atoms with Gasteiger partial charge in [0.25, 0.3) is 0 Å². The van der Waals surface area contributed by atoms with Gasteiger partial charge in [-0.2, -0.15) is 0 Å². The molecule has 1 fully saturated rings. The van der Waals surface area contributed by atoms with E-state index in [1.54, 1.807) is 7.11 Å². The molecular weight excluding hydrogens is 252 g/mol. The van der Waals surface area contributed by atoms with E-state index in [2.05, 4.69) is 5.32 Å². The van der Waals surface area contributed by atoms with Gasteiger partial charge in [-0.15, -0.1) is 0 Å². The first-order valence-electron chi connectivity index (χ1n) is 7.35. The third-order valence-corrected chi connectivity index (χ3v) is 4.07. The highest BCUT2D eigenvalue weighted by Gasteiger charge is 2.34. The lowest BCUT2D eigenvalue weighted by atomic mass is 9.82. The third-order valence-electron chi connectivity index (χ3n) is 4.07. The molecule has 4 heteroatoms. The lowest BCUT2D eigenvalue weighted by molar-refractivity contribution is -0.127. The van der Waals surface area contributed by atoms with Crippen LogP contribution in [-0.2, 0) is 11.2 Å². The van der Waals surface area contributed by atoms with Gasteiger partial charge in [0.05, 0.1) is 12.6 Å². The average molecular weight is 276 g/mol. The molecule has 1 saturated carbocycles. The van der Waals surface area contributed by atoms with Crippen molar-refractivity contribution in [3.05, 3.63) is 29.8 Å². The minimum absolute atomic E-state index is 0.00732. The fourth-order valence-electron chi connectivity index (χ4n) is 2.81. The standard InChI is InChI=1S/C16H24N2O2/c1-20-14-8-4-3-7-13(14)9-12-18-15(19)16(17)10-5-2-6-11-16/h3-4,7-8H,2,5-6,9-12,17H2,1H3,(H,18,19). The van der Waals surface area contributed by atoms with Crippen LogP contribution in [0.5, 0.6) is 5.75 Å².